The molecule has 0 saturated heterocycles. The lowest BCUT2D eigenvalue weighted by molar-refractivity contribution is -0.144. The van der Waals surface area contributed by atoms with Gasteiger partial charge in [0.25, 0.3) is 5.91 Å². The maximum absolute atomic E-state index is 14.5. The van der Waals surface area contributed by atoms with Crippen LogP contribution in [0.4, 0.5) is 4.39 Å². The topological polar surface area (TPSA) is 121 Å². The second-order valence-electron chi connectivity index (χ2n) is 10.6. The number of esters is 1. The molecule has 0 spiro atoms. The Labute approximate surface area is 238 Å². The number of rotatable bonds is 9. The van der Waals surface area contributed by atoms with Crippen LogP contribution < -0.4 is 5.32 Å². The molecule has 0 bridgehead atoms. The van der Waals surface area contributed by atoms with Gasteiger partial charge in [-0.15, -0.1) is 5.10 Å². The number of imidazole rings is 2. The number of pyridine rings is 2. The molecule has 1 N–H and O–H groups in total. The zero-order valence-electron chi connectivity index (χ0n) is 22.1. The highest BCUT2D eigenvalue weighted by Crippen LogP contribution is 2.51. The maximum atomic E-state index is 14.5. The van der Waals surface area contributed by atoms with E-state index in [-0.39, 0.29) is 40.6 Å². The van der Waals surface area contributed by atoms with Crippen molar-refractivity contribution in [2.45, 2.75) is 51.1 Å². The van der Waals surface area contributed by atoms with Crippen molar-refractivity contribution in [2.75, 3.05) is 6.61 Å². The number of hydrogen-bond acceptors (Lipinski definition) is 7. The summed E-state index contributed by atoms with van der Waals surface area (Å²) in [7, 11) is 0. The van der Waals surface area contributed by atoms with Gasteiger partial charge in [0, 0.05) is 24.5 Å². The Morgan fingerprint density at radius 3 is 2.88 bits per heavy atom. The van der Waals surface area contributed by atoms with E-state index in [4.69, 9.17) is 21.3 Å². The van der Waals surface area contributed by atoms with Crippen molar-refractivity contribution < 1.29 is 18.7 Å². The lowest BCUT2D eigenvalue weighted by Gasteiger charge is -2.07. The zero-order valence-corrected chi connectivity index (χ0v) is 22.9. The molecule has 1 amide bonds. The first-order valence-electron chi connectivity index (χ1n) is 13.6. The highest BCUT2D eigenvalue weighted by atomic mass is 35.5. The third-order valence-corrected chi connectivity index (χ3v) is 7.95. The number of ether oxygens (including phenoxy) is 1. The van der Waals surface area contributed by atoms with Crippen molar-refractivity contribution in [1.82, 2.24) is 39.1 Å². The molecule has 5 heterocycles. The van der Waals surface area contributed by atoms with Crippen LogP contribution in [0.5, 0.6) is 0 Å². The number of hydrogen-bond donors (Lipinski definition) is 1. The van der Waals surface area contributed by atoms with Crippen LogP contribution in [0.1, 0.15) is 71.0 Å². The van der Waals surface area contributed by atoms with E-state index in [0.717, 1.165) is 23.3 Å². The molecular formula is C28H26ClFN8O3. The van der Waals surface area contributed by atoms with E-state index in [0.29, 0.717) is 24.8 Å². The fourth-order valence-electron chi connectivity index (χ4n) is 5.35. The van der Waals surface area contributed by atoms with Gasteiger partial charge in [0.05, 0.1) is 54.5 Å². The molecular weight excluding hydrogens is 551 g/mol. The molecule has 2 aliphatic rings. The summed E-state index contributed by atoms with van der Waals surface area (Å²) >= 11 is 5.90. The summed E-state index contributed by atoms with van der Waals surface area (Å²) in [5.41, 5.74) is 4.57. The average Bonchev–Trinajstić information content (AvgIpc) is 3.83. The van der Waals surface area contributed by atoms with Gasteiger partial charge in [0.1, 0.15) is 11.2 Å². The minimum absolute atomic E-state index is 0.00798. The largest absolute Gasteiger partial charge is 0.466 e. The van der Waals surface area contributed by atoms with E-state index in [1.165, 1.54) is 41.4 Å². The van der Waals surface area contributed by atoms with Crippen molar-refractivity contribution in [1.29, 1.82) is 0 Å². The van der Waals surface area contributed by atoms with Gasteiger partial charge in [-0.05, 0) is 49.3 Å². The number of aromatic nitrogens is 7. The summed E-state index contributed by atoms with van der Waals surface area (Å²) in [6, 6.07) is 3.64. The Morgan fingerprint density at radius 1 is 1.22 bits per heavy atom. The minimum atomic E-state index is -0.597. The number of carbonyl (C=O) groups excluding carboxylic acids is 2. The van der Waals surface area contributed by atoms with E-state index in [2.05, 4.69) is 32.9 Å². The number of halogens is 2. The standard InChI is InChI=1S/C28H26ClFN8O3/c1-2-41-28(40)20-8-18(20)19-7-16(15-3-4-15)10-37-11-17(33-26(19)37)12-38-13-23(34-35-38)27(39)31-9-22-25-24(30)21(29)5-6-36(25)14-32-22/h5-7,10-11,13-15,18,20H,2-4,8-9,12H2,1H3,(H,31,39). The van der Waals surface area contributed by atoms with Gasteiger partial charge >= 0.3 is 5.97 Å². The number of fused-ring (bicyclic) bond motifs is 2. The van der Waals surface area contributed by atoms with Crippen LogP contribution in [-0.4, -0.2) is 52.2 Å². The summed E-state index contributed by atoms with van der Waals surface area (Å²) < 4.78 is 24.8. The van der Waals surface area contributed by atoms with Crippen LogP contribution in [0.25, 0.3) is 11.2 Å². The Kier molecular flexibility index (Phi) is 6.22. The number of nitrogens with zero attached hydrogens (tertiary/aromatic N) is 7. The summed E-state index contributed by atoms with van der Waals surface area (Å²) in [4.78, 5) is 34.1. The smallest absolute Gasteiger partial charge is 0.309 e. The fourth-order valence-corrected chi connectivity index (χ4v) is 5.50. The highest BCUT2D eigenvalue weighted by molar-refractivity contribution is 6.31. The summed E-state index contributed by atoms with van der Waals surface area (Å²) in [5, 5.41) is 10.8. The molecule has 0 aromatic carbocycles. The summed E-state index contributed by atoms with van der Waals surface area (Å²) in [6.07, 6.45) is 11.8. The predicted molar refractivity (Wildman–Crippen MR) is 145 cm³/mol. The quantitative estimate of drug-likeness (QED) is 0.264. The van der Waals surface area contributed by atoms with Crippen molar-refractivity contribution >= 4 is 34.6 Å². The van der Waals surface area contributed by atoms with Gasteiger partial charge in [-0.3, -0.25) is 9.59 Å². The average molecular weight is 577 g/mol. The van der Waals surface area contributed by atoms with E-state index >= 15 is 0 Å². The van der Waals surface area contributed by atoms with Crippen molar-refractivity contribution in [3.05, 3.63) is 82.3 Å². The lowest BCUT2D eigenvalue weighted by Crippen LogP contribution is -2.23. The SMILES string of the molecule is CCOC(=O)C1CC1c1cc(C2CC2)cn2cc(Cn3cc(C(=O)NCc4ncn5ccc(Cl)c(F)c45)nn3)nc12. The molecule has 5 aromatic rings. The first kappa shape index (κ1) is 25.6. The molecule has 2 atom stereocenters. The van der Waals surface area contributed by atoms with Crippen LogP contribution in [0.2, 0.25) is 5.02 Å². The normalized spacial score (nSPS) is 18.2. The molecule has 210 valence electrons. The molecule has 2 saturated carbocycles. The van der Waals surface area contributed by atoms with Gasteiger partial charge in [0.15, 0.2) is 11.5 Å². The van der Waals surface area contributed by atoms with Crippen LogP contribution >= 0.6 is 11.6 Å². The van der Waals surface area contributed by atoms with Crippen molar-refractivity contribution in [2.24, 2.45) is 5.92 Å². The Bertz CT molecular complexity index is 1820. The Morgan fingerprint density at radius 2 is 2.07 bits per heavy atom. The van der Waals surface area contributed by atoms with E-state index in [9.17, 15) is 14.0 Å². The number of nitrogens with one attached hydrogen (secondary N) is 1. The molecule has 7 rings (SSSR count). The third kappa shape index (κ3) is 4.82. The fraction of sp³-hybridized carbons (Fsp3) is 0.357. The van der Waals surface area contributed by atoms with Crippen LogP contribution in [0, 0.1) is 11.7 Å². The van der Waals surface area contributed by atoms with Gasteiger partial charge in [0.2, 0.25) is 0 Å². The van der Waals surface area contributed by atoms with Crippen molar-refractivity contribution in [3.8, 4) is 0 Å². The second kappa shape index (κ2) is 9.95. The highest BCUT2D eigenvalue weighted by Gasteiger charge is 2.46. The second-order valence-corrected chi connectivity index (χ2v) is 11.0. The van der Waals surface area contributed by atoms with Crippen molar-refractivity contribution in [3.63, 3.8) is 0 Å². The molecule has 2 aliphatic carbocycles. The van der Waals surface area contributed by atoms with E-state index in [1.807, 2.05) is 17.5 Å². The predicted octanol–water partition coefficient (Wildman–Crippen LogP) is 3.89. The van der Waals surface area contributed by atoms with Gasteiger partial charge in [-0.25, -0.2) is 19.0 Å². The molecule has 2 unspecified atom stereocenters. The summed E-state index contributed by atoms with van der Waals surface area (Å²) in [5.74, 6) is -0.691. The molecule has 0 aliphatic heterocycles. The van der Waals surface area contributed by atoms with Gasteiger partial charge < -0.3 is 18.9 Å². The molecule has 5 aromatic heterocycles. The van der Waals surface area contributed by atoms with E-state index in [1.54, 1.807) is 10.9 Å². The van der Waals surface area contributed by atoms with Gasteiger partial charge in [-0.2, -0.15) is 0 Å². The molecule has 0 radical (unpaired) electrons. The molecule has 13 heteroatoms. The minimum Gasteiger partial charge on any atom is -0.466 e. The maximum Gasteiger partial charge on any atom is 0.309 e. The Hall–Kier alpha value is -4.32. The Balaban J connectivity index is 1.07. The van der Waals surface area contributed by atoms with E-state index < -0.39 is 11.7 Å². The third-order valence-electron chi connectivity index (χ3n) is 7.66. The molecule has 11 nitrogen and oxygen atoms in total. The number of carbonyl (C=O) groups is 2. The zero-order chi connectivity index (χ0) is 28.2. The van der Waals surface area contributed by atoms with Gasteiger partial charge in [-0.1, -0.05) is 22.9 Å². The summed E-state index contributed by atoms with van der Waals surface area (Å²) in [6.45, 7) is 2.49. The first-order valence-corrected chi connectivity index (χ1v) is 13.9. The van der Waals surface area contributed by atoms with Crippen LogP contribution in [0.15, 0.2) is 43.2 Å². The molecule has 2 fully saturated rings. The van der Waals surface area contributed by atoms with Crippen LogP contribution in [0.3, 0.4) is 0 Å². The lowest BCUT2D eigenvalue weighted by atomic mass is 10.1. The number of amides is 1. The molecule has 41 heavy (non-hydrogen) atoms. The monoisotopic (exact) mass is 576 g/mol. The first-order chi connectivity index (χ1) is 19.9. The van der Waals surface area contributed by atoms with Crippen LogP contribution in [-0.2, 0) is 22.6 Å².